The molecule has 1 aliphatic heterocycles. The molecule has 0 saturated heterocycles. The highest BCUT2D eigenvalue weighted by Gasteiger charge is 2.15. The number of hydrogen-bond acceptors (Lipinski definition) is 3. The number of rotatable bonds is 1. The molecule has 1 N–H and O–H groups in total. The number of nitrogens with zero attached hydrogens (tertiary/aromatic N) is 3. The third kappa shape index (κ3) is 1.51. The summed E-state index contributed by atoms with van der Waals surface area (Å²) in [6, 6.07) is 4.14. The van der Waals surface area contributed by atoms with E-state index in [9.17, 15) is 0 Å². The Morgan fingerprint density at radius 1 is 1.31 bits per heavy atom. The van der Waals surface area contributed by atoms with Crippen LogP contribution < -0.4 is 5.32 Å². The van der Waals surface area contributed by atoms with Crippen molar-refractivity contribution in [3.8, 4) is 11.1 Å². The van der Waals surface area contributed by atoms with Crippen LogP contribution in [-0.2, 0) is 13.1 Å². The third-order valence-electron chi connectivity index (χ3n) is 2.96. The highest BCUT2D eigenvalue weighted by atomic mass is 15.3. The Kier molecular flexibility index (Phi) is 2.22. The molecule has 16 heavy (non-hydrogen) atoms. The molecule has 2 aromatic rings. The number of pyridine rings is 1. The van der Waals surface area contributed by atoms with E-state index >= 15 is 0 Å². The van der Waals surface area contributed by atoms with Crippen LogP contribution in [0.15, 0.2) is 24.5 Å². The van der Waals surface area contributed by atoms with E-state index in [1.807, 2.05) is 25.4 Å². The maximum Gasteiger partial charge on any atom is 0.0601 e. The molecule has 1 aliphatic rings. The van der Waals surface area contributed by atoms with Crippen LogP contribution in [0.1, 0.15) is 11.4 Å². The van der Waals surface area contributed by atoms with E-state index in [4.69, 9.17) is 0 Å². The van der Waals surface area contributed by atoms with Gasteiger partial charge in [-0.2, -0.15) is 5.10 Å². The SMILES string of the molecule is Cc1ccc(-c2cnn3c2CNCC3)cn1. The first-order valence-electron chi connectivity index (χ1n) is 5.53. The van der Waals surface area contributed by atoms with E-state index < -0.39 is 0 Å². The summed E-state index contributed by atoms with van der Waals surface area (Å²) in [6.07, 6.45) is 3.86. The molecule has 0 aliphatic carbocycles. The van der Waals surface area contributed by atoms with Crippen molar-refractivity contribution in [1.82, 2.24) is 20.1 Å². The van der Waals surface area contributed by atoms with Crippen LogP contribution in [0.3, 0.4) is 0 Å². The summed E-state index contributed by atoms with van der Waals surface area (Å²) < 4.78 is 2.08. The van der Waals surface area contributed by atoms with E-state index in [1.54, 1.807) is 0 Å². The van der Waals surface area contributed by atoms with Gasteiger partial charge in [0.05, 0.1) is 18.4 Å². The molecule has 0 bridgehead atoms. The lowest BCUT2D eigenvalue weighted by Crippen LogP contribution is -2.28. The number of aromatic nitrogens is 3. The molecule has 0 fully saturated rings. The zero-order valence-corrected chi connectivity index (χ0v) is 9.27. The smallest absolute Gasteiger partial charge is 0.0601 e. The minimum atomic E-state index is 0.892. The number of hydrogen-bond donors (Lipinski definition) is 1. The van der Waals surface area contributed by atoms with Crippen molar-refractivity contribution in [2.45, 2.75) is 20.0 Å². The second-order valence-corrected chi connectivity index (χ2v) is 4.09. The molecule has 3 rings (SSSR count). The molecule has 4 nitrogen and oxygen atoms in total. The van der Waals surface area contributed by atoms with Gasteiger partial charge in [-0.3, -0.25) is 9.67 Å². The summed E-state index contributed by atoms with van der Waals surface area (Å²) in [6.45, 7) is 4.84. The van der Waals surface area contributed by atoms with Crippen molar-refractivity contribution in [2.75, 3.05) is 6.54 Å². The van der Waals surface area contributed by atoms with Crippen LogP contribution in [0.25, 0.3) is 11.1 Å². The van der Waals surface area contributed by atoms with Gasteiger partial charge in [0.15, 0.2) is 0 Å². The van der Waals surface area contributed by atoms with Gasteiger partial charge in [0.2, 0.25) is 0 Å². The first kappa shape index (κ1) is 9.54. The second kappa shape index (κ2) is 3.72. The molecule has 4 heteroatoms. The van der Waals surface area contributed by atoms with Gasteiger partial charge in [0.1, 0.15) is 0 Å². The fourth-order valence-corrected chi connectivity index (χ4v) is 2.05. The lowest BCUT2D eigenvalue weighted by Gasteiger charge is -2.16. The van der Waals surface area contributed by atoms with Crippen LogP contribution in [0.4, 0.5) is 0 Å². The van der Waals surface area contributed by atoms with Gasteiger partial charge >= 0.3 is 0 Å². The molecule has 3 heterocycles. The third-order valence-corrected chi connectivity index (χ3v) is 2.96. The summed E-state index contributed by atoms with van der Waals surface area (Å²) in [7, 11) is 0. The van der Waals surface area contributed by atoms with Crippen molar-refractivity contribution in [3.05, 3.63) is 35.9 Å². The normalized spacial score (nSPS) is 14.8. The van der Waals surface area contributed by atoms with Crippen molar-refractivity contribution >= 4 is 0 Å². The summed E-state index contributed by atoms with van der Waals surface area (Å²) >= 11 is 0. The first-order chi connectivity index (χ1) is 7.84. The largest absolute Gasteiger partial charge is 0.309 e. The standard InChI is InChI=1S/C12H14N4/c1-9-2-3-10(6-14-9)11-7-15-16-5-4-13-8-12(11)16/h2-3,6-7,13H,4-5,8H2,1H3. The minimum Gasteiger partial charge on any atom is -0.309 e. The van der Waals surface area contributed by atoms with Gasteiger partial charge in [-0.25, -0.2) is 0 Å². The highest BCUT2D eigenvalue weighted by molar-refractivity contribution is 5.64. The molecular weight excluding hydrogens is 200 g/mol. The number of fused-ring (bicyclic) bond motifs is 1. The maximum atomic E-state index is 4.40. The number of nitrogens with one attached hydrogen (secondary N) is 1. The van der Waals surface area contributed by atoms with Gasteiger partial charge in [-0.15, -0.1) is 0 Å². The molecule has 0 radical (unpaired) electrons. The zero-order valence-electron chi connectivity index (χ0n) is 9.27. The topological polar surface area (TPSA) is 42.7 Å². The monoisotopic (exact) mass is 214 g/mol. The van der Waals surface area contributed by atoms with E-state index in [2.05, 4.69) is 26.1 Å². The molecule has 82 valence electrons. The maximum absolute atomic E-state index is 4.40. The van der Waals surface area contributed by atoms with E-state index in [0.29, 0.717) is 0 Å². The lowest BCUT2D eigenvalue weighted by atomic mass is 10.1. The van der Waals surface area contributed by atoms with Crippen molar-refractivity contribution in [1.29, 1.82) is 0 Å². The molecule has 0 saturated carbocycles. The lowest BCUT2D eigenvalue weighted by molar-refractivity contribution is 0.476. The average Bonchev–Trinajstić information content (AvgIpc) is 2.74. The van der Waals surface area contributed by atoms with E-state index in [-0.39, 0.29) is 0 Å². The van der Waals surface area contributed by atoms with Gasteiger partial charge in [0.25, 0.3) is 0 Å². The highest BCUT2D eigenvalue weighted by Crippen LogP contribution is 2.24. The molecule has 0 spiro atoms. The van der Waals surface area contributed by atoms with Crippen LogP contribution in [-0.4, -0.2) is 21.3 Å². The van der Waals surface area contributed by atoms with Gasteiger partial charge in [-0.05, 0) is 13.0 Å². The molecule has 0 aromatic carbocycles. The van der Waals surface area contributed by atoms with Crippen LogP contribution in [0.5, 0.6) is 0 Å². The number of aryl methyl sites for hydroxylation is 1. The van der Waals surface area contributed by atoms with Crippen molar-refractivity contribution in [2.24, 2.45) is 0 Å². The Bertz CT molecular complexity index is 498. The average molecular weight is 214 g/mol. The summed E-state index contributed by atoms with van der Waals surface area (Å²) in [4.78, 5) is 4.33. The summed E-state index contributed by atoms with van der Waals surface area (Å²) in [5, 5.41) is 7.77. The van der Waals surface area contributed by atoms with Crippen LogP contribution in [0.2, 0.25) is 0 Å². The van der Waals surface area contributed by atoms with Crippen LogP contribution in [0, 0.1) is 6.92 Å². The van der Waals surface area contributed by atoms with Crippen molar-refractivity contribution < 1.29 is 0 Å². The predicted molar refractivity (Wildman–Crippen MR) is 61.9 cm³/mol. The minimum absolute atomic E-state index is 0.892. The van der Waals surface area contributed by atoms with Crippen molar-refractivity contribution in [3.63, 3.8) is 0 Å². The predicted octanol–water partition coefficient (Wildman–Crippen LogP) is 1.36. The fourth-order valence-electron chi connectivity index (χ4n) is 2.05. The Morgan fingerprint density at radius 3 is 3.06 bits per heavy atom. The van der Waals surface area contributed by atoms with Gasteiger partial charge in [0, 0.05) is 36.1 Å². The first-order valence-corrected chi connectivity index (χ1v) is 5.53. The zero-order chi connectivity index (χ0) is 11.0. The molecule has 0 amide bonds. The van der Waals surface area contributed by atoms with Crippen LogP contribution >= 0.6 is 0 Å². The van der Waals surface area contributed by atoms with Gasteiger partial charge < -0.3 is 5.32 Å². The molecule has 0 atom stereocenters. The molecule has 2 aromatic heterocycles. The fraction of sp³-hybridized carbons (Fsp3) is 0.333. The summed E-state index contributed by atoms with van der Waals surface area (Å²) in [5.41, 5.74) is 4.65. The van der Waals surface area contributed by atoms with Gasteiger partial charge in [-0.1, -0.05) is 6.07 Å². The molecular formula is C12H14N4. The second-order valence-electron chi connectivity index (χ2n) is 4.09. The Morgan fingerprint density at radius 2 is 2.25 bits per heavy atom. The Labute approximate surface area is 94.3 Å². The molecule has 0 unspecified atom stereocenters. The van der Waals surface area contributed by atoms with E-state index in [0.717, 1.165) is 30.9 Å². The summed E-state index contributed by atoms with van der Waals surface area (Å²) in [5.74, 6) is 0. The Balaban J connectivity index is 2.06. The van der Waals surface area contributed by atoms with E-state index in [1.165, 1.54) is 11.3 Å². The quantitative estimate of drug-likeness (QED) is 0.779. The Hall–Kier alpha value is -1.68.